The lowest BCUT2D eigenvalue weighted by Crippen LogP contribution is -2.09. The summed E-state index contributed by atoms with van der Waals surface area (Å²) in [5.41, 5.74) is 1.00. The van der Waals surface area contributed by atoms with Gasteiger partial charge in [-0.25, -0.2) is 19.2 Å². The fourth-order valence-corrected chi connectivity index (χ4v) is 2.26. The van der Waals surface area contributed by atoms with Gasteiger partial charge in [0.2, 0.25) is 5.88 Å². The number of ether oxygens (including phenoxy) is 3. The number of hydrogen-bond donors (Lipinski definition) is 0. The first-order valence-corrected chi connectivity index (χ1v) is 8.16. The average molecular weight is 368 g/mol. The molecule has 0 aliphatic heterocycles. The standard InChI is InChI=1S/C20H17FN2O4/c1-13(3-10-20(24)25-2)26-15-5-7-16(8-6-15)27-19-12-22-18-11-14(21)4-9-17(18)23-19/h3-13H,1-2H3. The smallest absolute Gasteiger partial charge is 0.330 e. The SMILES string of the molecule is COC(=O)C=CC(C)Oc1ccc(Oc2cnc3cc(F)ccc3n2)cc1. The van der Waals surface area contributed by atoms with E-state index in [9.17, 15) is 9.18 Å². The van der Waals surface area contributed by atoms with Crippen LogP contribution in [0.3, 0.4) is 0 Å². The topological polar surface area (TPSA) is 70.5 Å². The molecule has 0 amide bonds. The highest BCUT2D eigenvalue weighted by Crippen LogP contribution is 2.24. The Balaban J connectivity index is 1.64. The summed E-state index contributed by atoms with van der Waals surface area (Å²) in [4.78, 5) is 19.5. The van der Waals surface area contributed by atoms with E-state index in [4.69, 9.17) is 9.47 Å². The number of esters is 1. The van der Waals surface area contributed by atoms with Gasteiger partial charge in [-0.1, -0.05) is 0 Å². The van der Waals surface area contributed by atoms with Crippen molar-refractivity contribution >= 4 is 17.0 Å². The maximum Gasteiger partial charge on any atom is 0.330 e. The van der Waals surface area contributed by atoms with Crippen LogP contribution in [0.15, 0.2) is 60.8 Å². The van der Waals surface area contributed by atoms with E-state index in [1.165, 1.54) is 31.5 Å². The van der Waals surface area contributed by atoms with Crippen LogP contribution in [0, 0.1) is 5.82 Å². The second-order valence-corrected chi connectivity index (χ2v) is 5.62. The van der Waals surface area contributed by atoms with Gasteiger partial charge in [0.05, 0.1) is 24.3 Å². The van der Waals surface area contributed by atoms with Gasteiger partial charge in [-0.3, -0.25) is 0 Å². The van der Waals surface area contributed by atoms with Gasteiger partial charge in [0.15, 0.2) is 0 Å². The normalized spacial score (nSPS) is 12.1. The summed E-state index contributed by atoms with van der Waals surface area (Å²) in [6.07, 6.45) is 4.05. The van der Waals surface area contributed by atoms with E-state index in [-0.39, 0.29) is 11.9 Å². The summed E-state index contributed by atoms with van der Waals surface area (Å²) in [5.74, 6) is 0.669. The average Bonchev–Trinajstić information content (AvgIpc) is 2.67. The van der Waals surface area contributed by atoms with E-state index >= 15 is 0 Å². The van der Waals surface area contributed by atoms with Crippen molar-refractivity contribution in [2.24, 2.45) is 0 Å². The van der Waals surface area contributed by atoms with E-state index < -0.39 is 5.97 Å². The predicted octanol–water partition coefficient (Wildman–Crippen LogP) is 4.06. The molecule has 1 aromatic heterocycles. The minimum atomic E-state index is -0.437. The Morgan fingerprint density at radius 1 is 1.11 bits per heavy atom. The van der Waals surface area contributed by atoms with Crippen LogP contribution >= 0.6 is 0 Å². The fraction of sp³-hybridized carbons (Fsp3) is 0.150. The van der Waals surface area contributed by atoms with Gasteiger partial charge >= 0.3 is 5.97 Å². The number of methoxy groups -OCH3 is 1. The van der Waals surface area contributed by atoms with Crippen molar-refractivity contribution in [3.05, 3.63) is 66.6 Å². The monoisotopic (exact) mass is 368 g/mol. The zero-order valence-electron chi connectivity index (χ0n) is 14.8. The summed E-state index contributed by atoms with van der Waals surface area (Å²) in [6, 6.07) is 11.1. The molecule has 1 heterocycles. The van der Waals surface area contributed by atoms with Gasteiger partial charge in [0.1, 0.15) is 23.4 Å². The highest BCUT2D eigenvalue weighted by molar-refractivity contribution is 5.81. The molecule has 3 aromatic rings. The quantitative estimate of drug-likeness (QED) is 0.483. The Bertz CT molecular complexity index is 973. The van der Waals surface area contributed by atoms with Gasteiger partial charge in [-0.05, 0) is 49.4 Å². The van der Waals surface area contributed by atoms with Crippen molar-refractivity contribution in [1.82, 2.24) is 9.97 Å². The summed E-state index contributed by atoms with van der Waals surface area (Å²) >= 11 is 0. The maximum atomic E-state index is 13.2. The van der Waals surface area contributed by atoms with Crippen molar-refractivity contribution in [3.8, 4) is 17.4 Å². The molecule has 2 aromatic carbocycles. The number of carbonyl (C=O) groups is 1. The Labute approximate surface area is 155 Å². The van der Waals surface area contributed by atoms with Gasteiger partial charge in [-0.2, -0.15) is 0 Å². The second-order valence-electron chi connectivity index (χ2n) is 5.62. The van der Waals surface area contributed by atoms with Crippen molar-refractivity contribution < 1.29 is 23.4 Å². The molecule has 7 heteroatoms. The zero-order valence-corrected chi connectivity index (χ0v) is 14.8. The molecule has 0 bridgehead atoms. The zero-order chi connectivity index (χ0) is 19.2. The number of carbonyl (C=O) groups excluding carboxylic acids is 1. The summed E-state index contributed by atoms with van der Waals surface area (Å²) < 4.78 is 29.1. The summed E-state index contributed by atoms with van der Waals surface area (Å²) in [7, 11) is 1.31. The number of nitrogens with zero attached hydrogens (tertiary/aromatic N) is 2. The second kappa shape index (κ2) is 8.27. The first kappa shape index (κ1) is 18.3. The lowest BCUT2D eigenvalue weighted by Gasteiger charge is -2.11. The Kier molecular flexibility index (Phi) is 5.61. The number of benzene rings is 2. The van der Waals surface area contributed by atoms with Crippen LogP contribution in [-0.4, -0.2) is 29.2 Å². The maximum absolute atomic E-state index is 13.2. The summed E-state index contributed by atoms with van der Waals surface area (Å²) in [5, 5.41) is 0. The first-order valence-electron chi connectivity index (χ1n) is 8.16. The van der Waals surface area contributed by atoms with Gasteiger partial charge in [-0.15, -0.1) is 0 Å². The number of halogens is 1. The van der Waals surface area contributed by atoms with E-state index in [2.05, 4.69) is 14.7 Å². The van der Waals surface area contributed by atoms with Crippen molar-refractivity contribution in [2.45, 2.75) is 13.0 Å². The molecule has 138 valence electrons. The predicted molar refractivity (Wildman–Crippen MR) is 97.3 cm³/mol. The number of rotatable bonds is 6. The van der Waals surface area contributed by atoms with Crippen LogP contribution in [0.2, 0.25) is 0 Å². The van der Waals surface area contributed by atoms with Crippen LogP contribution < -0.4 is 9.47 Å². The van der Waals surface area contributed by atoms with Crippen LogP contribution in [0.5, 0.6) is 17.4 Å². The van der Waals surface area contributed by atoms with Crippen molar-refractivity contribution in [1.29, 1.82) is 0 Å². The Morgan fingerprint density at radius 2 is 1.85 bits per heavy atom. The molecular formula is C20H17FN2O4. The van der Waals surface area contributed by atoms with E-state index in [0.29, 0.717) is 28.4 Å². The van der Waals surface area contributed by atoms with Crippen molar-refractivity contribution in [2.75, 3.05) is 7.11 Å². The molecule has 1 unspecified atom stereocenters. The fourth-order valence-electron chi connectivity index (χ4n) is 2.26. The van der Waals surface area contributed by atoms with E-state index in [1.54, 1.807) is 43.3 Å². The molecule has 6 nitrogen and oxygen atoms in total. The van der Waals surface area contributed by atoms with Gasteiger partial charge < -0.3 is 14.2 Å². The lowest BCUT2D eigenvalue weighted by molar-refractivity contribution is -0.134. The van der Waals surface area contributed by atoms with Gasteiger partial charge in [0.25, 0.3) is 0 Å². The molecule has 0 spiro atoms. The van der Waals surface area contributed by atoms with Crippen molar-refractivity contribution in [3.63, 3.8) is 0 Å². The molecule has 0 fully saturated rings. The first-order chi connectivity index (χ1) is 13.0. The molecule has 0 saturated carbocycles. The minimum absolute atomic E-state index is 0.303. The Hall–Kier alpha value is -3.48. The van der Waals surface area contributed by atoms with E-state index in [0.717, 1.165) is 0 Å². The highest BCUT2D eigenvalue weighted by Gasteiger charge is 2.05. The third-order valence-electron chi connectivity index (χ3n) is 3.55. The molecule has 3 rings (SSSR count). The largest absolute Gasteiger partial charge is 0.487 e. The minimum Gasteiger partial charge on any atom is -0.487 e. The van der Waals surface area contributed by atoms with Crippen LogP contribution in [0.25, 0.3) is 11.0 Å². The van der Waals surface area contributed by atoms with Gasteiger partial charge in [0, 0.05) is 12.1 Å². The number of aromatic nitrogens is 2. The van der Waals surface area contributed by atoms with E-state index in [1.807, 2.05) is 0 Å². The molecule has 27 heavy (non-hydrogen) atoms. The highest BCUT2D eigenvalue weighted by atomic mass is 19.1. The van der Waals surface area contributed by atoms with Crippen LogP contribution in [0.1, 0.15) is 6.92 Å². The van der Waals surface area contributed by atoms with Crippen LogP contribution in [-0.2, 0) is 9.53 Å². The summed E-state index contributed by atoms with van der Waals surface area (Å²) in [6.45, 7) is 1.80. The molecule has 0 aliphatic carbocycles. The molecule has 0 radical (unpaired) electrons. The molecule has 0 aliphatic rings. The number of fused-ring (bicyclic) bond motifs is 1. The number of hydrogen-bond acceptors (Lipinski definition) is 6. The Morgan fingerprint density at radius 3 is 2.59 bits per heavy atom. The molecule has 1 atom stereocenters. The van der Waals surface area contributed by atoms with Crippen LogP contribution in [0.4, 0.5) is 4.39 Å². The third-order valence-corrected chi connectivity index (χ3v) is 3.55. The lowest BCUT2D eigenvalue weighted by atomic mass is 10.3. The molecule has 0 saturated heterocycles. The third kappa shape index (κ3) is 5.01. The molecular weight excluding hydrogens is 351 g/mol. The molecule has 0 N–H and O–H groups in total.